The predicted molar refractivity (Wildman–Crippen MR) is 83.8 cm³/mol. The lowest BCUT2D eigenvalue weighted by atomic mass is 10.2. The van der Waals surface area contributed by atoms with Crippen molar-refractivity contribution in [3.8, 4) is 11.4 Å². The molecule has 0 atom stereocenters. The van der Waals surface area contributed by atoms with Crippen molar-refractivity contribution in [1.29, 1.82) is 0 Å². The fourth-order valence-electron chi connectivity index (χ4n) is 1.70. The van der Waals surface area contributed by atoms with Crippen LogP contribution in [0.1, 0.15) is 25.7 Å². The molecule has 1 aromatic carbocycles. The van der Waals surface area contributed by atoms with Gasteiger partial charge in [0.2, 0.25) is 17.6 Å². The van der Waals surface area contributed by atoms with Crippen molar-refractivity contribution in [2.45, 2.75) is 25.5 Å². The van der Waals surface area contributed by atoms with Crippen molar-refractivity contribution in [3.63, 3.8) is 0 Å². The number of carbonyl (C=O) groups is 1. The van der Waals surface area contributed by atoms with E-state index in [4.69, 9.17) is 4.52 Å². The zero-order valence-electron chi connectivity index (χ0n) is 12.0. The first kappa shape index (κ1) is 15.6. The fourth-order valence-corrected chi connectivity index (χ4v) is 2.39. The van der Waals surface area contributed by atoms with Gasteiger partial charge in [-0.1, -0.05) is 48.8 Å². The second-order valence-electron chi connectivity index (χ2n) is 4.57. The van der Waals surface area contributed by atoms with Gasteiger partial charge in [0.1, 0.15) is 0 Å². The van der Waals surface area contributed by atoms with E-state index in [1.54, 1.807) is 0 Å². The van der Waals surface area contributed by atoms with Gasteiger partial charge in [0.05, 0.1) is 11.5 Å². The summed E-state index contributed by atoms with van der Waals surface area (Å²) < 4.78 is 5.19. The van der Waals surface area contributed by atoms with E-state index in [1.807, 2.05) is 30.3 Å². The van der Waals surface area contributed by atoms with E-state index in [0.29, 0.717) is 23.2 Å². The van der Waals surface area contributed by atoms with E-state index < -0.39 is 0 Å². The summed E-state index contributed by atoms with van der Waals surface area (Å²) in [5.74, 6) is 2.13. The number of unbranched alkanes of at least 4 members (excludes halogenated alkanes) is 1. The summed E-state index contributed by atoms with van der Waals surface area (Å²) in [6, 6.07) is 9.67. The SMILES string of the molecule is CCCCNC(=O)CSCc1nc(-c2ccccc2)no1. The third kappa shape index (κ3) is 5.23. The van der Waals surface area contributed by atoms with Gasteiger partial charge in [-0.05, 0) is 6.42 Å². The minimum Gasteiger partial charge on any atom is -0.355 e. The number of amides is 1. The molecule has 6 heteroatoms. The maximum Gasteiger partial charge on any atom is 0.236 e. The van der Waals surface area contributed by atoms with Crippen molar-refractivity contribution < 1.29 is 9.32 Å². The van der Waals surface area contributed by atoms with Crippen LogP contribution in [0.25, 0.3) is 11.4 Å². The molecule has 0 spiro atoms. The number of aromatic nitrogens is 2. The Balaban J connectivity index is 1.75. The Morgan fingerprint density at radius 1 is 1.33 bits per heavy atom. The second kappa shape index (κ2) is 8.46. The third-order valence-electron chi connectivity index (χ3n) is 2.81. The summed E-state index contributed by atoms with van der Waals surface area (Å²) in [5.41, 5.74) is 0.926. The van der Waals surface area contributed by atoms with Crippen molar-refractivity contribution in [2.75, 3.05) is 12.3 Å². The molecular formula is C15H19N3O2S. The lowest BCUT2D eigenvalue weighted by molar-refractivity contribution is -0.118. The molecule has 112 valence electrons. The maximum atomic E-state index is 11.5. The molecule has 1 N–H and O–H groups in total. The van der Waals surface area contributed by atoms with Gasteiger partial charge in [-0.3, -0.25) is 4.79 Å². The van der Waals surface area contributed by atoms with Crippen LogP contribution < -0.4 is 5.32 Å². The van der Waals surface area contributed by atoms with Crippen LogP contribution in [0.4, 0.5) is 0 Å². The van der Waals surface area contributed by atoms with E-state index in [9.17, 15) is 4.79 Å². The number of hydrogen-bond acceptors (Lipinski definition) is 5. The van der Waals surface area contributed by atoms with Crippen LogP contribution >= 0.6 is 11.8 Å². The number of nitrogens with zero attached hydrogens (tertiary/aromatic N) is 2. The quantitative estimate of drug-likeness (QED) is 0.760. The first-order valence-electron chi connectivity index (χ1n) is 7.02. The zero-order valence-corrected chi connectivity index (χ0v) is 12.9. The summed E-state index contributed by atoms with van der Waals surface area (Å²) in [7, 11) is 0. The topological polar surface area (TPSA) is 68.0 Å². The molecule has 21 heavy (non-hydrogen) atoms. The Morgan fingerprint density at radius 2 is 2.14 bits per heavy atom. The number of benzene rings is 1. The number of rotatable bonds is 8. The van der Waals surface area contributed by atoms with Gasteiger partial charge in [0.15, 0.2) is 0 Å². The Morgan fingerprint density at radius 3 is 2.90 bits per heavy atom. The molecule has 0 aliphatic carbocycles. The largest absolute Gasteiger partial charge is 0.355 e. The van der Waals surface area contributed by atoms with E-state index in [1.165, 1.54) is 11.8 Å². The highest BCUT2D eigenvalue weighted by Gasteiger charge is 2.09. The molecule has 0 unspecified atom stereocenters. The molecule has 0 aliphatic heterocycles. The summed E-state index contributed by atoms with van der Waals surface area (Å²) in [6.07, 6.45) is 2.10. The van der Waals surface area contributed by atoms with Crippen LogP contribution in [0.5, 0.6) is 0 Å². The van der Waals surface area contributed by atoms with Crippen LogP contribution in [-0.2, 0) is 10.5 Å². The lowest BCUT2D eigenvalue weighted by Gasteiger charge is -2.02. The van der Waals surface area contributed by atoms with Crippen molar-refractivity contribution >= 4 is 17.7 Å². The highest BCUT2D eigenvalue weighted by atomic mass is 32.2. The Labute approximate surface area is 128 Å². The monoisotopic (exact) mass is 305 g/mol. The first-order valence-corrected chi connectivity index (χ1v) is 8.17. The molecule has 2 rings (SSSR count). The molecule has 0 fully saturated rings. The lowest BCUT2D eigenvalue weighted by Crippen LogP contribution is -2.26. The van der Waals surface area contributed by atoms with Crippen LogP contribution in [-0.4, -0.2) is 28.3 Å². The normalized spacial score (nSPS) is 10.5. The molecule has 0 radical (unpaired) electrons. The van der Waals surface area contributed by atoms with E-state index >= 15 is 0 Å². The number of carbonyl (C=O) groups excluding carboxylic acids is 1. The molecule has 1 amide bonds. The van der Waals surface area contributed by atoms with Gasteiger partial charge in [0, 0.05) is 12.1 Å². The molecule has 0 aliphatic rings. The van der Waals surface area contributed by atoms with Gasteiger partial charge in [-0.2, -0.15) is 4.98 Å². The molecule has 5 nitrogen and oxygen atoms in total. The predicted octanol–water partition coefficient (Wildman–Crippen LogP) is 2.89. The zero-order chi connectivity index (χ0) is 14.9. The molecule has 0 bridgehead atoms. The Kier molecular flexibility index (Phi) is 6.27. The van der Waals surface area contributed by atoms with E-state index in [2.05, 4.69) is 22.4 Å². The van der Waals surface area contributed by atoms with Gasteiger partial charge < -0.3 is 9.84 Å². The summed E-state index contributed by atoms with van der Waals surface area (Å²) in [4.78, 5) is 15.9. The second-order valence-corrected chi connectivity index (χ2v) is 5.56. The molecule has 2 aromatic rings. The van der Waals surface area contributed by atoms with Gasteiger partial charge in [0.25, 0.3) is 0 Å². The van der Waals surface area contributed by atoms with Crippen LogP contribution in [0, 0.1) is 0 Å². The molecule has 1 aromatic heterocycles. The van der Waals surface area contributed by atoms with Crippen molar-refractivity contribution in [1.82, 2.24) is 15.5 Å². The molecule has 0 saturated heterocycles. The van der Waals surface area contributed by atoms with Gasteiger partial charge in [-0.25, -0.2) is 0 Å². The number of thioether (sulfide) groups is 1. The smallest absolute Gasteiger partial charge is 0.236 e. The Bertz CT molecular complexity index is 557. The van der Waals surface area contributed by atoms with Crippen molar-refractivity contribution in [2.24, 2.45) is 0 Å². The first-order chi connectivity index (χ1) is 10.3. The summed E-state index contributed by atoms with van der Waals surface area (Å²) in [6.45, 7) is 2.84. The van der Waals surface area contributed by atoms with Gasteiger partial charge in [-0.15, -0.1) is 11.8 Å². The Hall–Kier alpha value is -1.82. The number of nitrogens with one attached hydrogen (secondary N) is 1. The summed E-state index contributed by atoms with van der Waals surface area (Å²) >= 11 is 1.47. The summed E-state index contributed by atoms with van der Waals surface area (Å²) in [5, 5.41) is 6.82. The average Bonchev–Trinajstić information content (AvgIpc) is 2.97. The molecular weight excluding hydrogens is 286 g/mol. The molecule has 0 saturated carbocycles. The highest BCUT2D eigenvalue weighted by molar-refractivity contribution is 7.99. The van der Waals surface area contributed by atoms with Crippen LogP contribution in [0.3, 0.4) is 0 Å². The third-order valence-corrected chi connectivity index (χ3v) is 3.73. The van der Waals surface area contributed by atoms with E-state index in [-0.39, 0.29) is 5.91 Å². The standard InChI is InChI=1S/C15H19N3O2S/c1-2-3-9-16-13(19)10-21-11-14-17-15(18-20-14)12-7-5-4-6-8-12/h4-8H,2-3,9-11H2,1H3,(H,16,19). The van der Waals surface area contributed by atoms with Crippen LogP contribution in [0.2, 0.25) is 0 Å². The maximum absolute atomic E-state index is 11.5. The van der Waals surface area contributed by atoms with Gasteiger partial charge >= 0.3 is 0 Å². The fraction of sp³-hybridized carbons (Fsp3) is 0.400. The molecule has 1 heterocycles. The minimum atomic E-state index is 0.0521. The average molecular weight is 305 g/mol. The van der Waals surface area contributed by atoms with Crippen LogP contribution in [0.15, 0.2) is 34.9 Å². The minimum absolute atomic E-state index is 0.0521. The van der Waals surface area contributed by atoms with E-state index in [0.717, 1.165) is 24.9 Å². The highest BCUT2D eigenvalue weighted by Crippen LogP contribution is 2.17. The number of hydrogen-bond donors (Lipinski definition) is 1. The van der Waals surface area contributed by atoms with Crippen molar-refractivity contribution in [3.05, 3.63) is 36.2 Å².